The number of aromatic carboxylic acids is 3. The lowest BCUT2D eigenvalue weighted by Crippen LogP contribution is -2.30. The lowest BCUT2D eigenvalue weighted by atomic mass is 9.85. The van der Waals surface area contributed by atoms with Crippen LogP contribution in [0.2, 0.25) is 0 Å². The Morgan fingerprint density at radius 2 is 0.667 bits per heavy atom. The normalized spacial score (nSPS) is 10.5. The van der Waals surface area contributed by atoms with Gasteiger partial charge in [-0.15, -0.1) is 0 Å². The first kappa shape index (κ1) is 33.1. The van der Waals surface area contributed by atoms with Gasteiger partial charge in [-0.05, 0) is 19.3 Å². The Morgan fingerprint density at radius 3 is 0.897 bits per heavy atom. The second-order valence-electron chi connectivity index (χ2n) is 8.69. The maximum absolute atomic E-state index is 13.3. The fraction of sp³-hybridized carbons (Fsp3) is 0.556. The number of hydrogen-bond donors (Lipinski definition) is 3. The number of benzene rings is 1. The molecule has 0 spiro atoms. The van der Waals surface area contributed by atoms with Gasteiger partial charge in [-0.3, -0.25) is 0 Å². The molecule has 0 atom stereocenters. The Morgan fingerprint density at radius 1 is 0.436 bits per heavy atom. The minimum atomic E-state index is -2.05. The Labute approximate surface area is 226 Å². The van der Waals surface area contributed by atoms with Gasteiger partial charge in [0.1, 0.15) is 0 Å². The molecule has 0 aliphatic carbocycles. The molecule has 1 aromatic carbocycles. The van der Waals surface area contributed by atoms with E-state index in [4.69, 9.17) is 14.2 Å². The predicted molar refractivity (Wildman–Crippen MR) is 137 cm³/mol. The molecule has 0 amide bonds. The monoisotopic (exact) mass is 552 g/mol. The smallest absolute Gasteiger partial charge is 0.339 e. The van der Waals surface area contributed by atoms with Crippen LogP contribution >= 0.6 is 0 Å². The molecule has 3 N–H and O–H groups in total. The fourth-order valence-electron chi connectivity index (χ4n) is 3.77. The molecule has 0 aromatic heterocycles. The van der Waals surface area contributed by atoms with Crippen LogP contribution in [0.25, 0.3) is 0 Å². The summed E-state index contributed by atoms with van der Waals surface area (Å²) in [5, 5.41) is 29.7. The average Bonchev–Trinajstić information content (AvgIpc) is 2.89. The van der Waals surface area contributed by atoms with Crippen molar-refractivity contribution in [2.75, 3.05) is 19.8 Å². The average molecular weight is 553 g/mol. The predicted octanol–water partition coefficient (Wildman–Crippen LogP) is 4.82. The van der Waals surface area contributed by atoms with Gasteiger partial charge in [-0.2, -0.15) is 0 Å². The summed E-state index contributed by atoms with van der Waals surface area (Å²) >= 11 is 0. The van der Waals surface area contributed by atoms with Crippen molar-refractivity contribution in [1.29, 1.82) is 0 Å². The van der Waals surface area contributed by atoms with Crippen LogP contribution in [0.1, 0.15) is 141 Å². The molecule has 0 unspecified atom stereocenters. The molecular formula is C27H36O12. The van der Waals surface area contributed by atoms with E-state index >= 15 is 0 Å². The zero-order valence-corrected chi connectivity index (χ0v) is 22.5. The Balaban J connectivity index is 4.04. The van der Waals surface area contributed by atoms with Crippen LogP contribution in [0.15, 0.2) is 0 Å². The van der Waals surface area contributed by atoms with Crippen LogP contribution in [-0.2, 0) is 14.2 Å². The molecule has 39 heavy (non-hydrogen) atoms. The number of carbonyl (C=O) groups excluding carboxylic acids is 3. The largest absolute Gasteiger partial charge is 0.478 e. The van der Waals surface area contributed by atoms with E-state index in [0.717, 1.165) is 19.3 Å². The Hall–Kier alpha value is -3.96. The molecular weight excluding hydrogens is 516 g/mol. The number of ether oxygens (including phenoxy) is 3. The second-order valence-corrected chi connectivity index (χ2v) is 8.69. The molecule has 0 saturated heterocycles. The molecule has 0 aliphatic heterocycles. The number of carbonyl (C=O) groups is 6. The minimum Gasteiger partial charge on any atom is -0.478 e. The summed E-state index contributed by atoms with van der Waals surface area (Å²) < 4.78 is 15.5. The molecule has 216 valence electrons. The van der Waals surface area contributed by atoms with Crippen LogP contribution in [-0.4, -0.2) is 71.0 Å². The third kappa shape index (κ3) is 9.08. The van der Waals surface area contributed by atoms with Crippen LogP contribution in [0.3, 0.4) is 0 Å². The number of esters is 3. The van der Waals surface area contributed by atoms with E-state index in [2.05, 4.69) is 0 Å². The summed E-state index contributed by atoms with van der Waals surface area (Å²) in [5.74, 6) is -10.3. The van der Waals surface area contributed by atoms with Crippen LogP contribution in [0, 0.1) is 0 Å². The van der Waals surface area contributed by atoms with Crippen LogP contribution in [0.4, 0.5) is 0 Å². The molecule has 0 bridgehead atoms. The number of carboxylic acids is 3. The van der Waals surface area contributed by atoms with Crippen molar-refractivity contribution < 1.29 is 58.3 Å². The number of rotatable bonds is 18. The van der Waals surface area contributed by atoms with Crippen molar-refractivity contribution in [2.24, 2.45) is 0 Å². The summed E-state index contributed by atoms with van der Waals surface area (Å²) in [6.45, 7) is 5.09. The highest BCUT2D eigenvalue weighted by atomic mass is 16.5. The molecule has 0 heterocycles. The van der Waals surface area contributed by atoms with E-state index < -0.39 is 69.2 Å². The third-order valence-corrected chi connectivity index (χ3v) is 5.70. The van der Waals surface area contributed by atoms with Gasteiger partial charge in [0, 0.05) is 0 Å². The number of carboxylic acid groups (broad SMARTS) is 3. The van der Waals surface area contributed by atoms with Crippen molar-refractivity contribution in [2.45, 2.75) is 78.6 Å². The Kier molecular flexibility index (Phi) is 14.2. The summed E-state index contributed by atoms with van der Waals surface area (Å²) in [7, 11) is 0. The van der Waals surface area contributed by atoms with E-state index in [-0.39, 0.29) is 19.8 Å². The van der Waals surface area contributed by atoms with Crippen molar-refractivity contribution in [1.82, 2.24) is 0 Å². The van der Waals surface area contributed by atoms with E-state index in [1.807, 2.05) is 20.8 Å². The lowest BCUT2D eigenvalue weighted by Gasteiger charge is -2.20. The lowest BCUT2D eigenvalue weighted by molar-refractivity contribution is 0.0421. The highest BCUT2D eigenvalue weighted by Crippen LogP contribution is 2.32. The quantitative estimate of drug-likeness (QED) is 0.128. The van der Waals surface area contributed by atoms with Crippen molar-refractivity contribution >= 4 is 35.8 Å². The summed E-state index contributed by atoms with van der Waals surface area (Å²) in [4.78, 5) is 76.3. The standard InChI is InChI=1S/C27H36O12/c1-4-7-10-13-37-25(34)19-17(23(30)31)16(22(28)29)18(24(32)33)20(26(35)38-14-11-8-5-2)21(19)27(36)39-15-12-9-6-3/h4-15H2,1-3H3,(H,28,29)(H,30,31)(H,32,33). The van der Waals surface area contributed by atoms with Crippen molar-refractivity contribution in [3.8, 4) is 0 Å². The topological polar surface area (TPSA) is 191 Å². The van der Waals surface area contributed by atoms with E-state index in [1.165, 1.54) is 0 Å². The first-order valence-corrected chi connectivity index (χ1v) is 13.0. The van der Waals surface area contributed by atoms with Gasteiger partial charge in [0.15, 0.2) is 0 Å². The van der Waals surface area contributed by atoms with Gasteiger partial charge in [0.05, 0.1) is 53.2 Å². The first-order valence-electron chi connectivity index (χ1n) is 13.0. The number of hydrogen-bond acceptors (Lipinski definition) is 9. The Bertz CT molecular complexity index is 1010. The minimum absolute atomic E-state index is 0.186. The second kappa shape index (κ2) is 16.8. The number of unbranched alkanes of at least 4 members (excludes halogenated alkanes) is 6. The molecule has 1 rings (SSSR count). The van der Waals surface area contributed by atoms with Gasteiger partial charge in [-0.1, -0.05) is 59.3 Å². The maximum atomic E-state index is 13.3. The van der Waals surface area contributed by atoms with Gasteiger partial charge < -0.3 is 29.5 Å². The highest BCUT2D eigenvalue weighted by molar-refractivity contribution is 6.23. The van der Waals surface area contributed by atoms with Crippen molar-refractivity contribution in [3.05, 3.63) is 33.4 Å². The van der Waals surface area contributed by atoms with Crippen LogP contribution < -0.4 is 0 Å². The van der Waals surface area contributed by atoms with Gasteiger partial charge in [0.2, 0.25) is 0 Å². The molecule has 0 radical (unpaired) electrons. The van der Waals surface area contributed by atoms with E-state index in [1.54, 1.807) is 0 Å². The van der Waals surface area contributed by atoms with Gasteiger partial charge >= 0.3 is 35.8 Å². The molecule has 0 aliphatic rings. The molecule has 12 nitrogen and oxygen atoms in total. The van der Waals surface area contributed by atoms with Gasteiger partial charge in [0.25, 0.3) is 0 Å². The molecule has 12 heteroatoms. The molecule has 1 aromatic rings. The van der Waals surface area contributed by atoms with Crippen LogP contribution in [0.5, 0.6) is 0 Å². The summed E-state index contributed by atoms with van der Waals surface area (Å²) in [6.07, 6.45) is 5.40. The fourth-order valence-corrected chi connectivity index (χ4v) is 3.77. The zero-order valence-electron chi connectivity index (χ0n) is 22.5. The maximum Gasteiger partial charge on any atom is 0.339 e. The zero-order chi connectivity index (χ0) is 29.5. The summed E-state index contributed by atoms with van der Waals surface area (Å²) in [5.41, 5.74) is -7.15. The van der Waals surface area contributed by atoms with E-state index in [0.29, 0.717) is 38.5 Å². The highest BCUT2D eigenvalue weighted by Gasteiger charge is 2.42. The molecule has 0 fully saturated rings. The third-order valence-electron chi connectivity index (χ3n) is 5.70. The SMILES string of the molecule is CCCCCOC(=O)c1c(C(=O)O)c(C(=O)O)c(C(=O)O)c(C(=O)OCCCCC)c1C(=O)OCCCCC. The van der Waals surface area contributed by atoms with Crippen molar-refractivity contribution in [3.63, 3.8) is 0 Å². The summed E-state index contributed by atoms with van der Waals surface area (Å²) in [6, 6.07) is 0. The van der Waals surface area contributed by atoms with E-state index in [9.17, 15) is 44.1 Å². The van der Waals surface area contributed by atoms with Gasteiger partial charge in [-0.25, -0.2) is 28.8 Å². The molecule has 0 saturated carbocycles. The first-order chi connectivity index (χ1) is 18.5.